The lowest BCUT2D eigenvalue weighted by Crippen LogP contribution is -2.24. The molecule has 0 unspecified atom stereocenters. The van der Waals surface area contributed by atoms with Gasteiger partial charge < -0.3 is 20.5 Å². The molecule has 25 heteroatoms. The van der Waals surface area contributed by atoms with Crippen molar-refractivity contribution in [3.8, 4) is 17.4 Å². The molecule has 0 aliphatic carbocycles. The highest BCUT2D eigenvalue weighted by molar-refractivity contribution is 8.00. The van der Waals surface area contributed by atoms with E-state index >= 15 is 0 Å². The Kier molecular flexibility index (Phi) is 13.6. The van der Waals surface area contributed by atoms with Crippen LogP contribution in [0.3, 0.4) is 0 Å². The number of anilines is 2. The maximum absolute atomic E-state index is 13.2. The summed E-state index contributed by atoms with van der Waals surface area (Å²) in [5.41, 5.74) is -0.562. The number of alkyl halides is 9. The van der Waals surface area contributed by atoms with E-state index in [0.29, 0.717) is 41.5 Å². The van der Waals surface area contributed by atoms with Crippen LogP contribution in [0.4, 0.5) is 51.1 Å². The Bertz CT molecular complexity index is 2300. The highest BCUT2D eigenvalue weighted by Gasteiger charge is 2.41. The van der Waals surface area contributed by atoms with E-state index in [-0.39, 0.29) is 39.6 Å². The molecule has 0 radical (unpaired) electrons. The van der Waals surface area contributed by atoms with E-state index in [1.165, 1.54) is 28.8 Å². The number of thioether (sulfide) groups is 2. The van der Waals surface area contributed by atoms with Crippen LogP contribution in [0.25, 0.3) is 11.4 Å². The van der Waals surface area contributed by atoms with E-state index < -0.39 is 67.2 Å². The zero-order valence-corrected chi connectivity index (χ0v) is 33.7. The number of nitrogens with one attached hydrogen (secondary N) is 1. The highest BCUT2D eigenvalue weighted by Crippen LogP contribution is 2.46. The van der Waals surface area contributed by atoms with Crippen LogP contribution < -0.4 is 11.1 Å². The fourth-order valence-electron chi connectivity index (χ4n) is 5.29. The minimum atomic E-state index is -4.78. The summed E-state index contributed by atoms with van der Waals surface area (Å²) in [7, 11) is 0. The van der Waals surface area contributed by atoms with Crippen LogP contribution >= 0.6 is 69.9 Å². The van der Waals surface area contributed by atoms with Crippen LogP contribution in [0.1, 0.15) is 35.0 Å². The predicted molar refractivity (Wildman–Crippen MR) is 201 cm³/mol. The molecule has 0 amide bonds. The molecule has 1 saturated heterocycles. The van der Waals surface area contributed by atoms with E-state index in [9.17, 15) is 44.8 Å². The second kappa shape index (κ2) is 17.5. The van der Waals surface area contributed by atoms with Gasteiger partial charge in [-0.2, -0.15) is 55.0 Å². The number of hydrogen-bond acceptors (Lipinski definition) is 10. The number of nitrogen functional groups attached to an aromatic ring is 1. The van der Waals surface area contributed by atoms with Crippen LogP contribution in [-0.4, -0.2) is 49.5 Å². The van der Waals surface area contributed by atoms with Crippen molar-refractivity contribution in [2.24, 2.45) is 0 Å². The average Bonchev–Trinajstić information content (AvgIpc) is 3.81. The molecule has 0 atom stereocenters. The van der Waals surface area contributed by atoms with Crippen molar-refractivity contribution in [1.82, 2.24) is 24.5 Å². The van der Waals surface area contributed by atoms with E-state index in [0.717, 1.165) is 16.8 Å². The SMILES string of the molecule is CSc1c(C2(C)OCCO2)nn(-c2c(Cl)cc(C(F)(F)F)cc2Cl)c1N.N#Cc1nn(-c2c(Cl)cc(C(F)(F)F)cc2Cl)c(NCc2ccncc2)c1SC(F)(F)F. The first-order chi connectivity index (χ1) is 27.0. The van der Waals surface area contributed by atoms with Crippen molar-refractivity contribution in [2.45, 2.75) is 46.9 Å². The molecule has 310 valence electrons. The number of rotatable bonds is 8. The van der Waals surface area contributed by atoms with Gasteiger partial charge in [-0.3, -0.25) is 4.98 Å². The zero-order valence-electron chi connectivity index (χ0n) is 29.0. The van der Waals surface area contributed by atoms with Gasteiger partial charge >= 0.3 is 17.9 Å². The van der Waals surface area contributed by atoms with Crippen LogP contribution in [0.15, 0.2) is 58.6 Å². The summed E-state index contributed by atoms with van der Waals surface area (Å²) in [6.45, 7) is 2.46. The van der Waals surface area contributed by atoms with Crippen molar-refractivity contribution in [3.05, 3.63) is 97.0 Å². The summed E-state index contributed by atoms with van der Waals surface area (Å²) in [5.74, 6) is -1.25. The van der Waals surface area contributed by atoms with Crippen molar-refractivity contribution < 1.29 is 49.0 Å². The molecule has 3 aromatic heterocycles. The van der Waals surface area contributed by atoms with E-state index in [4.69, 9.17) is 61.6 Å². The third-order valence-corrected chi connectivity index (χ3v) is 10.6. The maximum Gasteiger partial charge on any atom is 0.446 e. The van der Waals surface area contributed by atoms with Gasteiger partial charge in [-0.1, -0.05) is 46.4 Å². The number of halogens is 13. The lowest BCUT2D eigenvalue weighted by molar-refractivity contribution is -0.154. The van der Waals surface area contributed by atoms with Gasteiger partial charge in [0.05, 0.1) is 54.2 Å². The van der Waals surface area contributed by atoms with Crippen LogP contribution in [0.5, 0.6) is 0 Å². The van der Waals surface area contributed by atoms with Gasteiger partial charge in [-0.05, 0) is 66.9 Å². The lowest BCUT2D eigenvalue weighted by atomic mass is 10.2. The molecule has 10 nitrogen and oxygen atoms in total. The number of ether oxygens (including phenoxy) is 2. The van der Waals surface area contributed by atoms with E-state index in [2.05, 4.69) is 20.5 Å². The van der Waals surface area contributed by atoms with Gasteiger partial charge in [0.25, 0.3) is 0 Å². The molecule has 6 rings (SSSR count). The number of nitrogens with zero attached hydrogens (tertiary/aromatic N) is 6. The quantitative estimate of drug-likeness (QED) is 0.115. The minimum Gasteiger partial charge on any atom is -0.383 e. The average molecular weight is 941 g/mol. The first kappa shape index (κ1) is 45.3. The summed E-state index contributed by atoms with van der Waals surface area (Å²) in [4.78, 5) is 3.82. The number of nitriles is 1. The molecule has 0 spiro atoms. The highest BCUT2D eigenvalue weighted by atomic mass is 35.5. The number of benzene rings is 2. The Morgan fingerprint density at radius 3 is 1.74 bits per heavy atom. The first-order valence-electron chi connectivity index (χ1n) is 15.7. The molecule has 3 N–H and O–H groups in total. The zero-order chi connectivity index (χ0) is 43.0. The lowest BCUT2D eigenvalue weighted by Gasteiger charge is -2.20. The third kappa shape index (κ3) is 9.98. The minimum absolute atomic E-state index is 0.0135. The van der Waals surface area contributed by atoms with Crippen LogP contribution in [0, 0.1) is 11.3 Å². The Hall–Kier alpha value is -3.75. The second-order valence-electron chi connectivity index (χ2n) is 11.7. The van der Waals surface area contributed by atoms with Crippen LogP contribution in [-0.2, 0) is 34.2 Å². The molecule has 0 saturated carbocycles. The molecule has 1 aliphatic rings. The predicted octanol–water partition coefficient (Wildman–Crippen LogP) is 11.4. The van der Waals surface area contributed by atoms with Gasteiger partial charge in [0, 0.05) is 18.9 Å². The largest absolute Gasteiger partial charge is 0.446 e. The normalized spacial score (nSPS) is 14.2. The van der Waals surface area contributed by atoms with Gasteiger partial charge in [0.1, 0.15) is 34.8 Å². The van der Waals surface area contributed by atoms with Crippen molar-refractivity contribution in [1.29, 1.82) is 5.26 Å². The standard InChI is InChI=1S/C18H9Cl2F6N5S.C15H14Cl2F3N3O2S/c19-11-5-10(17(21,22)23)6-12(20)14(11)31-16(29-8-9-1-3-28-4-2-9)15(13(7-27)30-31)32-18(24,25)26;1-14(24-3-4-25-14)12-11(26-2)13(21)23(22-12)10-8(16)5-7(6-9(10)17)15(18,19)20/h1-6,29H,8H2;5-6H,3-4,21H2,1-2H3. The Labute approximate surface area is 350 Å². The molecular weight excluding hydrogens is 917 g/mol. The molecular formula is C33H23Cl4F9N8O2S2. The fourth-order valence-corrected chi connectivity index (χ4v) is 7.97. The smallest absolute Gasteiger partial charge is 0.383 e. The fraction of sp³-hybridized carbons (Fsp3) is 0.273. The number of hydrogen-bond donors (Lipinski definition) is 2. The number of nitrogens with two attached hydrogens (primary N) is 1. The first-order valence-corrected chi connectivity index (χ1v) is 19.3. The Morgan fingerprint density at radius 1 is 0.828 bits per heavy atom. The van der Waals surface area contributed by atoms with Crippen molar-refractivity contribution in [2.75, 3.05) is 30.5 Å². The summed E-state index contributed by atoms with van der Waals surface area (Å²) in [6.07, 6.45) is -4.62. The molecule has 58 heavy (non-hydrogen) atoms. The summed E-state index contributed by atoms with van der Waals surface area (Å²) in [6, 6.07) is 7.44. The molecule has 0 bridgehead atoms. The van der Waals surface area contributed by atoms with E-state index in [1.807, 2.05) is 0 Å². The third-order valence-electron chi connectivity index (χ3n) is 7.84. The van der Waals surface area contributed by atoms with Gasteiger partial charge in [0.15, 0.2) is 5.69 Å². The molecule has 1 fully saturated rings. The monoisotopic (exact) mass is 938 g/mol. The molecule has 2 aromatic carbocycles. The van der Waals surface area contributed by atoms with Gasteiger partial charge in [0.2, 0.25) is 5.79 Å². The van der Waals surface area contributed by atoms with E-state index in [1.54, 1.807) is 31.4 Å². The summed E-state index contributed by atoms with van der Waals surface area (Å²) >= 11 is 24.9. The van der Waals surface area contributed by atoms with Gasteiger partial charge in [-0.25, -0.2) is 9.36 Å². The Balaban J connectivity index is 0.000000226. The summed E-state index contributed by atoms with van der Waals surface area (Å²) < 4.78 is 131. The molecule has 4 heterocycles. The molecule has 1 aliphatic heterocycles. The topological polar surface area (TPSA) is 129 Å². The second-order valence-corrected chi connectivity index (χ2v) is 15.2. The van der Waals surface area contributed by atoms with Crippen molar-refractivity contribution >= 4 is 81.6 Å². The Morgan fingerprint density at radius 2 is 1.31 bits per heavy atom. The van der Waals surface area contributed by atoms with Gasteiger partial charge in [-0.15, -0.1) is 11.8 Å². The summed E-state index contributed by atoms with van der Waals surface area (Å²) in [5, 5.41) is 18.8. The van der Waals surface area contributed by atoms with Crippen LogP contribution in [0.2, 0.25) is 20.1 Å². The van der Waals surface area contributed by atoms with Crippen molar-refractivity contribution in [3.63, 3.8) is 0 Å². The molecule has 5 aromatic rings. The number of aromatic nitrogens is 5. The maximum atomic E-state index is 13.2. The number of pyridine rings is 1.